The molecule has 0 unspecified atom stereocenters. The van der Waals surface area contributed by atoms with Crippen LogP contribution in [0.25, 0.3) is 0 Å². The van der Waals surface area contributed by atoms with Crippen LogP contribution >= 0.6 is 11.6 Å². The van der Waals surface area contributed by atoms with Crippen LogP contribution in [0.3, 0.4) is 0 Å². The fourth-order valence-electron chi connectivity index (χ4n) is 3.05. The van der Waals surface area contributed by atoms with E-state index in [4.69, 9.17) is 11.6 Å². The van der Waals surface area contributed by atoms with E-state index in [0.29, 0.717) is 25.9 Å². The summed E-state index contributed by atoms with van der Waals surface area (Å²) in [5, 5.41) is 2.02. The van der Waals surface area contributed by atoms with Crippen molar-refractivity contribution < 1.29 is 22.8 Å². The van der Waals surface area contributed by atoms with Crippen molar-refractivity contribution in [2.75, 3.05) is 38.5 Å². The van der Waals surface area contributed by atoms with Gasteiger partial charge in [0.2, 0.25) is 11.8 Å². The number of alkyl halides is 3. The maximum absolute atomic E-state index is 13.0. The third kappa shape index (κ3) is 3.66. The van der Waals surface area contributed by atoms with E-state index in [9.17, 15) is 22.8 Å². The van der Waals surface area contributed by atoms with Gasteiger partial charge in [-0.3, -0.25) is 9.59 Å². The summed E-state index contributed by atoms with van der Waals surface area (Å²) >= 11 is 5.59. The van der Waals surface area contributed by atoms with Crippen molar-refractivity contribution in [2.45, 2.75) is 19.0 Å². The van der Waals surface area contributed by atoms with Crippen molar-refractivity contribution in [1.29, 1.82) is 0 Å². The standard InChI is InChI=1S/C17H19ClF3N3O2/c1-23-6-8-24(9-7-23)15(26)16(4-5-16)14(25)22-11-2-3-13(18)12(10-11)17(19,20)21/h2-3,10H,4-9H2,1H3,(H,22,25). The second kappa shape index (κ2) is 6.74. The molecule has 1 saturated carbocycles. The fourth-order valence-corrected chi connectivity index (χ4v) is 3.27. The molecule has 0 aromatic heterocycles. The van der Waals surface area contributed by atoms with Crippen LogP contribution in [0.15, 0.2) is 18.2 Å². The monoisotopic (exact) mass is 389 g/mol. The Morgan fingerprint density at radius 3 is 2.31 bits per heavy atom. The normalized spacial score (nSPS) is 20.0. The highest BCUT2D eigenvalue weighted by molar-refractivity contribution is 6.31. The van der Waals surface area contributed by atoms with Crippen LogP contribution in [-0.2, 0) is 15.8 Å². The van der Waals surface area contributed by atoms with E-state index >= 15 is 0 Å². The molecule has 9 heteroatoms. The van der Waals surface area contributed by atoms with Gasteiger partial charge in [-0.15, -0.1) is 0 Å². The van der Waals surface area contributed by atoms with Crippen LogP contribution in [0.2, 0.25) is 5.02 Å². The van der Waals surface area contributed by atoms with Gasteiger partial charge < -0.3 is 15.1 Å². The zero-order valence-corrected chi connectivity index (χ0v) is 15.0. The second-order valence-corrected chi connectivity index (χ2v) is 7.23. The van der Waals surface area contributed by atoms with E-state index in [0.717, 1.165) is 25.2 Å². The lowest BCUT2D eigenvalue weighted by molar-refractivity contribution is -0.143. The van der Waals surface area contributed by atoms with Crippen molar-refractivity contribution >= 4 is 29.1 Å². The molecule has 0 bridgehead atoms. The van der Waals surface area contributed by atoms with Gasteiger partial charge in [-0.25, -0.2) is 0 Å². The molecule has 1 aromatic carbocycles. The molecule has 1 aliphatic carbocycles. The molecular weight excluding hydrogens is 371 g/mol. The van der Waals surface area contributed by atoms with Gasteiger partial charge in [-0.2, -0.15) is 13.2 Å². The number of likely N-dealkylation sites (N-methyl/N-ethyl adjacent to an activating group) is 1. The van der Waals surface area contributed by atoms with Crippen LogP contribution in [0.1, 0.15) is 18.4 Å². The van der Waals surface area contributed by atoms with Crippen molar-refractivity contribution in [3.63, 3.8) is 0 Å². The van der Waals surface area contributed by atoms with E-state index in [-0.39, 0.29) is 11.6 Å². The highest BCUT2D eigenvalue weighted by Gasteiger charge is 2.58. The summed E-state index contributed by atoms with van der Waals surface area (Å²) in [6, 6.07) is 3.17. The van der Waals surface area contributed by atoms with Gasteiger partial charge in [-0.1, -0.05) is 11.6 Å². The highest BCUT2D eigenvalue weighted by atomic mass is 35.5. The predicted molar refractivity (Wildman–Crippen MR) is 90.8 cm³/mol. The van der Waals surface area contributed by atoms with Gasteiger partial charge in [-0.05, 0) is 38.1 Å². The Bertz CT molecular complexity index is 726. The summed E-state index contributed by atoms with van der Waals surface area (Å²) < 4.78 is 38.9. The van der Waals surface area contributed by atoms with E-state index in [1.54, 1.807) is 4.90 Å². The van der Waals surface area contributed by atoms with Crippen LogP contribution in [0.4, 0.5) is 18.9 Å². The summed E-state index contributed by atoms with van der Waals surface area (Å²) in [6.07, 6.45) is -3.81. The van der Waals surface area contributed by atoms with Crippen molar-refractivity contribution in [3.05, 3.63) is 28.8 Å². The first-order valence-electron chi connectivity index (χ1n) is 8.30. The SMILES string of the molecule is CN1CCN(C(=O)C2(C(=O)Nc3ccc(Cl)c(C(F)(F)F)c3)CC2)CC1. The Balaban J connectivity index is 1.73. The van der Waals surface area contributed by atoms with Crippen LogP contribution in [0, 0.1) is 5.41 Å². The molecule has 3 rings (SSSR count). The number of carbonyl (C=O) groups is 2. The molecular formula is C17H19ClF3N3O2. The van der Waals surface area contributed by atoms with Crippen molar-refractivity contribution in [1.82, 2.24) is 9.80 Å². The average molecular weight is 390 g/mol. The van der Waals surface area contributed by atoms with Gasteiger partial charge >= 0.3 is 6.18 Å². The third-order valence-electron chi connectivity index (χ3n) is 4.91. The Labute approximate surface area is 154 Å². The molecule has 0 spiro atoms. The maximum Gasteiger partial charge on any atom is 0.417 e. The Morgan fingerprint density at radius 1 is 1.15 bits per heavy atom. The molecule has 0 radical (unpaired) electrons. The molecule has 1 saturated heterocycles. The van der Waals surface area contributed by atoms with Crippen LogP contribution in [0.5, 0.6) is 0 Å². The van der Waals surface area contributed by atoms with Crippen LogP contribution in [-0.4, -0.2) is 54.8 Å². The summed E-state index contributed by atoms with van der Waals surface area (Å²) in [6.45, 7) is 2.55. The Morgan fingerprint density at radius 2 is 1.77 bits per heavy atom. The molecule has 2 fully saturated rings. The molecule has 0 atom stereocenters. The summed E-state index contributed by atoms with van der Waals surface area (Å²) in [7, 11) is 1.96. The van der Waals surface area contributed by atoms with Gasteiger partial charge in [0.05, 0.1) is 10.6 Å². The largest absolute Gasteiger partial charge is 0.417 e. The number of nitrogens with zero attached hydrogens (tertiary/aromatic N) is 2. The first kappa shape index (κ1) is 19.0. The summed E-state index contributed by atoms with van der Waals surface area (Å²) in [5.74, 6) is -0.801. The van der Waals surface area contributed by atoms with Gasteiger partial charge in [0.25, 0.3) is 0 Å². The van der Waals surface area contributed by atoms with Gasteiger partial charge in [0, 0.05) is 31.9 Å². The zero-order chi connectivity index (χ0) is 19.1. The lowest BCUT2D eigenvalue weighted by Crippen LogP contribution is -2.51. The number of amides is 2. The predicted octanol–water partition coefficient (Wildman–Crippen LogP) is 2.85. The topological polar surface area (TPSA) is 52.7 Å². The molecule has 5 nitrogen and oxygen atoms in total. The number of rotatable bonds is 3. The molecule has 1 N–H and O–H groups in total. The molecule has 1 heterocycles. The number of hydrogen-bond donors (Lipinski definition) is 1. The number of anilines is 1. The molecule has 1 aliphatic heterocycles. The number of nitrogens with one attached hydrogen (secondary N) is 1. The first-order chi connectivity index (χ1) is 12.1. The van der Waals surface area contributed by atoms with E-state index in [1.165, 1.54) is 6.07 Å². The van der Waals surface area contributed by atoms with E-state index < -0.39 is 28.1 Å². The zero-order valence-electron chi connectivity index (χ0n) is 14.2. The highest BCUT2D eigenvalue weighted by Crippen LogP contribution is 2.48. The molecule has 142 valence electrons. The molecule has 2 amide bonds. The van der Waals surface area contributed by atoms with Crippen LogP contribution < -0.4 is 5.32 Å². The molecule has 1 aromatic rings. The number of piperazine rings is 1. The lowest BCUT2D eigenvalue weighted by Gasteiger charge is -2.34. The molecule has 2 aliphatic rings. The fraction of sp³-hybridized carbons (Fsp3) is 0.529. The third-order valence-corrected chi connectivity index (χ3v) is 5.24. The van der Waals surface area contributed by atoms with E-state index in [2.05, 4.69) is 10.2 Å². The Hall–Kier alpha value is -1.80. The minimum atomic E-state index is -4.62. The first-order valence-corrected chi connectivity index (χ1v) is 8.67. The minimum Gasteiger partial charge on any atom is -0.339 e. The van der Waals surface area contributed by atoms with Crippen molar-refractivity contribution in [3.8, 4) is 0 Å². The number of hydrogen-bond acceptors (Lipinski definition) is 3. The smallest absolute Gasteiger partial charge is 0.339 e. The number of carbonyl (C=O) groups excluding carboxylic acids is 2. The van der Waals surface area contributed by atoms with Gasteiger partial charge in [0.15, 0.2) is 0 Å². The summed E-state index contributed by atoms with van der Waals surface area (Å²) in [4.78, 5) is 29.1. The Kier molecular flexibility index (Phi) is 4.92. The number of benzene rings is 1. The maximum atomic E-state index is 13.0. The second-order valence-electron chi connectivity index (χ2n) is 6.82. The van der Waals surface area contributed by atoms with Crippen molar-refractivity contribution in [2.24, 2.45) is 5.41 Å². The quantitative estimate of drug-likeness (QED) is 0.809. The minimum absolute atomic E-state index is 0.0239. The molecule has 26 heavy (non-hydrogen) atoms. The summed E-state index contributed by atoms with van der Waals surface area (Å²) in [5.41, 5.74) is -2.20. The van der Waals surface area contributed by atoms with Gasteiger partial charge in [0.1, 0.15) is 5.41 Å². The van der Waals surface area contributed by atoms with E-state index in [1.807, 2.05) is 7.05 Å². The number of halogens is 4. The average Bonchev–Trinajstić information content (AvgIpc) is 3.37. The lowest BCUT2D eigenvalue weighted by atomic mass is 10.0.